The van der Waals surface area contributed by atoms with Crippen molar-refractivity contribution in [2.45, 2.75) is 50.7 Å². The Morgan fingerprint density at radius 3 is 2.50 bits per heavy atom. The Hall–Kier alpha value is -1.93. The Morgan fingerprint density at radius 1 is 1.25 bits per heavy atom. The van der Waals surface area contributed by atoms with Gasteiger partial charge in [-0.3, -0.25) is 9.59 Å². The molecule has 2 rings (SSSR count). The molecule has 24 heavy (non-hydrogen) atoms. The second-order valence-corrected chi connectivity index (χ2v) is 7.75. The highest BCUT2D eigenvalue weighted by Gasteiger charge is 2.27. The van der Waals surface area contributed by atoms with Crippen LogP contribution in [0.2, 0.25) is 0 Å². The van der Waals surface area contributed by atoms with Crippen molar-refractivity contribution in [3.05, 3.63) is 29.3 Å². The van der Waals surface area contributed by atoms with Gasteiger partial charge in [0.2, 0.25) is 10.0 Å². The van der Waals surface area contributed by atoms with Gasteiger partial charge < -0.3 is 10.1 Å². The quantitative estimate of drug-likeness (QED) is 0.705. The molecule has 0 aromatic heterocycles. The van der Waals surface area contributed by atoms with Gasteiger partial charge in [0.25, 0.3) is 5.91 Å². The normalized spacial score (nSPS) is 15.6. The van der Waals surface area contributed by atoms with E-state index in [1.807, 2.05) is 13.8 Å². The molecule has 2 N–H and O–H groups in total. The monoisotopic (exact) mass is 354 g/mol. The summed E-state index contributed by atoms with van der Waals surface area (Å²) in [6.07, 6.45) is 0.911. The highest BCUT2D eigenvalue weighted by atomic mass is 32.2. The molecule has 1 aliphatic rings. The molecule has 0 radical (unpaired) electrons. The van der Waals surface area contributed by atoms with Crippen molar-refractivity contribution >= 4 is 21.9 Å². The van der Waals surface area contributed by atoms with Crippen LogP contribution >= 0.6 is 0 Å². The van der Waals surface area contributed by atoms with Crippen LogP contribution in [0.3, 0.4) is 0 Å². The number of hydrogen-bond acceptors (Lipinski definition) is 5. The predicted octanol–water partition coefficient (Wildman–Crippen LogP) is 0.792. The molecule has 1 saturated carbocycles. The fraction of sp³-hybridized carbons (Fsp3) is 0.500. The van der Waals surface area contributed by atoms with Crippen LogP contribution < -0.4 is 10.0 Å². The van der Waals surface area contributed by atoms with Gasteiger partial charge in [0.15, 0.2) is 6.10 Å². The lowest BCUT2D eigenvalue weighted by Crippen LogP contribution is -2.39. The van der Waals surface area contributed by atoms with Crippen LogP contribution in [0.25, 0.3) is 0 Å². The number of hydrogen-bond donors (Lipinski definition) is 2. The molecular formula is C16H22N2O5S. The first-order valence-corrected chi connectivity index (χ1v) is 9.24. The Kier molecular flexibility index (Phi) is 5.61. The second kappa shape index (κ2) is 7.31. The lowest BCUT2D eigenvalue weighted by molar-refractivity contribution is -0.153. The van der Waals surface area contributed by atoms with E-state index in [0.717, 1.165) is 24.0 Å². The van der Waals surface area contributed by atoms with Gasteiger partial charge in [-0.15, -0.1) is 0 Å². The largest absolute Gasteiger partial charge is 0.452 e. The maximum atomic E-state index is 12.2. The first kappa shape index (κ1) is 18.4. The van der Waals surface area contributed by atoms with Crippen LogP contribution in [-0.2, 0) is 24.3 Å². The molecule has 1 aromatic carbocycles. The Morgan fingerprint density at radius 2 is 1.92 bits per heavy atom. The van der Waals surface area contributed by atoms with Crippen molar-refractivity contribution in [2.24, 2.45) is 0 Å². The van der Waals surface area contributed by atoms with Crippen LogP contribution in [0.1, 0.15) is 30.9 Å². The Bertz CT molecular complexity index is 741. The second-order valence-electron chi connectivity index (χ2n) is 5.99. The van der Waals surface area contributed by atoms with E-state index in [9.17, 15) is 18.0 Å². The van der Waals surface area contributed by atoms with Crippen molar-refractivity contribution in [2.75, 3.05) is 6.54 Å². The van der Waals surface area contributed by atoms with E-state index in [-0.39, 0.29) is 16.8 Å². The minimum absolute atomic E-state index is 0.0814. The van der Waals surface area contributed by atoms with Crippen molar-refractivity contribution in [3.8, 4) is 0 Å². The molecule has 1 aliphatic carbocycles. The van der Waals surface area contributed by atoms with Gasteiger partial charge in [-0.25, -0.2) is 8.42 Å². The number of amides is 1. The standard InChI is InChI=1S/C16H22N2O5S/c1-10-4-7-14(8-11(10)2)24(21,22)17-9-15(19)23-12(3)16(20)18-13-5-6-13/h4,7-8,12-13,17H,5-6,9H2,1-3H3,(H,18,20)/t12-/m1/s1. The fourth-order valence-corrected chi connectivity index (χ4v) is 3.01. The van der Waals surface area contributed by atoms with Crippen LogP contribution in [0, 0.1) is 13.8 Å². The van der Waals surface area contributed by atoms with Crippen LogP contribution in [0.4, 0.5) is 0 Å². The maximum absolute atomic E-state index is 12.2. The summed E-state index contributed by atoms with van der Waals surface area (Å²) in [4.78, 5) is 23.5. The number of aryl methyl sites for hydroxylation is 2. The number of benzene rings is 1. The highest BCUT2D eigenvalue weighted by molar-refractivity contribution is 7.89. The van der Waals surface area contributed by atoms with E-state index in [1.54, 1.807) is 6.07 Å². The molecule has 0 spiro atoms. The smallest absolute Gasteiger partial charge is 0.321 e. The van der Waals surface area contributed by atoms with E-state index in [4.69, 9.17) is 4.74 Å². The highest BCUT2D eigenvalue weighted by Crippen LogP contribution is 2.18. The lowest BCUT2D eigenvalue weighted by Gasteiger charge is -2.13. The van der Waals surface area contributed by atoms with Gasteiger partial charge in [-0.2, -0.15) is 4.72 Å². The van der Waals surface area contributed by atoms with Gasteiger partial charge in [-0.1, -0.05) is 6.07 Å². The van der Waals surface area contributed by atoms with Crippen molar-refractivity contribution in [1.29, 1.82) is 0 Å². The van der Waals surface area contributed by atoms with Crippen molar-refractivity contribution in [1.82, 2.24) is 10.0 Å². The number of esters is 1. The van der Waals surface area contributed by atoms with E-state index < -0.39 is 28.6 Å². The SMILES string of the molecule is Cc1ccc(S(=O)(=O)NCC(=O)O[C@H](C)C(=O)NC2CC2)cc1C. The maximum Gasteiger partial charge on any atom is 0.321 e. The summed E-state index contributed by atoms with van der Waals surface area (Å²) in [5, 5.41) is 2.71. The van der Waals surface area contributed by atoms with Crippen LogP contribution in [0.5, 0.6) is 0 Å². The third-order valence-corrected chi connectivity index (χ3v) is 5.20. The third kappa shape index (κ3) is 5.04. The first-order chi connectivity index (χ1) is 11.2. The Balaban J connectivity index is 1.87. The molecule has 0 bridgehead atoms. The van der Waals surface area contributed by atoms with Crippen LogP contribution in [0.15, 0.2) is 23.1 Å². The number of ether oxygens (including phenoxy) is 1. The zero-order valence-corrected chi connectivity index (χ0v) is 14.8. The first-order valence-electron chi connectivity index (χ1n) is 7.76. The molecule has 1 atom stereocenters. The van der Waals surface area contributed by atoms with Crippen LogP contribution in [-0.4, -0.2) is 39.0 Å². The molecule has 0 saturated heterocycles. The summed E-state index contributed by atoms with van der Waals surface area (Å²) in [6.45, 7) is 4.61. The summed E-state index contributed by atoms with van der Waals surface area (Å²) in [5.41, 5.74) is 1.81. The molecule has 1 fully saturated rings. The summed E-state index contributed by atoms with van der Waals surface area (Å²) >= 11 is 0. The van der Waals surface area contributed by atoms with Crippen molar-refractivity contribution < 1.29 is 22.7 Å². The van der Waals surface area contributed by atoms with E-state index in [2.05, 4.69) is 10.0 Å². The summed E-state index contributed by atoms with van der Waals surface area (Å²) in [6, 6.07) is 4.88. The zero-order valence-electron chi connectivity index (χ0n) is 14.0. The third-order valence-electron chi connectivity index (χ3n) is 3.80. The average Bonchev–Trinajstić information content (AvgIpc) is 3.31. The number of rotatable bonds is 7. The predicted molar refractivity (Wildman–Crippen MR) is 87.8 cm³/mol. The van der Waals surface area contributed by atoms with Gasteiger partial charge in [0.1, 0.15) is 6.54 Å². The number of carbonyl (C=O) groups excluding carboxylic acids is 2. The number of carbonyl (C=O) groups is 2. The minimum atomic E-state index is -3.81. The fourth-order valence-electron chi connectivity index (χ4n) is 1.96. The molecule has 7 nitrogen and oxygen atoms in total. The van der Waals surface area contributed by atoms with Gasteiger partial charge in [0.05, 0.1) is 4.90 Å². The molecule has 1 amide bonds. The van der Waals surface area contributed by atoms with E-state index in [0.29, 0.717) is 0 Å². The molecule has 0 unspecified atom stereocenters. The van der Waals surface area contributed by atoms with Crippen molar-refractivity contribution in [3.63, 3.8) is 0 Å². The van der Waals surface area contributed by atoms with E-state index in [1.165, 1.54) is 19.1 Å². The molecule has 132 valence electrons. The van der Waals surface area contributed by atoms with E-state index >= 15 is 0 Å². The van der Waals surface area contributed by atoms with Gasteiger partial charge in [-0.05, 0) is 56.9 Å². The molecule has 0 aliphatic heterocycles. The number of sulfonamides is 1. The molecule has 8 heteroatoms. The minimum Gasteiger partial charge on any atom is -0.452 e. The molecular weight excluding hydrogens is 332 g/mol. The summed E-state index contributed by atoms with van der Waals surface area (Å²) in [5.74, 6) is -1.18. The lowest BCUT2D eigenvalue weighted by atomic mass is 10.1. The summed E-state index contributed by atoms with van der Waals surface area (Å²) < 4.78 is 31.5. The van der Waals surface area contributed by atoms with Gasteiger partial charge in [0, 0.05) is 6.04 Å². The average molecular weight is 354 g/mol. The molecule has 0 heterocycles. The molecule has 1 aromatic rings. The number of nitrogens with one attached hydrogen (secondary N) is 2. The topological polar surface area (TPSA) is 102 Å². The van der Waals surface area contributed by atoms with Gasteiger partial charge >= 0.3 is 5.97 Å². The Labute approximate surface area is 141 Å². The zero-order chi connectivity index (χ0) is 17.9. The summed E-state index contributed by atoms with van der Waals surface area (Å²) in [7, 11) is -3.81.